The van der Waals surface area contributed by atoms with E-state index in [0.29, 0.717) is 12.6 Å². The first-order valence-corrected chi connectivity index (χ1v) is 7.75. The molecule has 0 heterocycles. The van der Waals surface area contributed by atoms with Gasteiger partial charge < -0.3 is 15.0 Å². The van der Waals surface area contributed by atoms with Gasteiger partial charge in [0.25, 0.3) is 0 Å². The van der Waals surface area contributed by atoms with Crippen LogP contribution in [0.4, 0.5) is 4.79 Å². The van der Waals surface area contributed by atoms with E-state index in [2.05, 4.69) is 19.2 Å². The lowest BCUT2D eigenvalue weighted by Crippen LogP contribution is -2.50. The first-order valence-electron chi connectivity index (χ1n) is 7.75. The van der Waals surface area contributed by atoms with Crippen LogP contribution in [-0.2, 0) is 4.74 Å². The molecule has 0 aromatic heterocycles. The number of nitrogens with one attached hydrogen (secondary N) is 1. The molecule has 1 N–H and O–H groups in total. The van der Waals surface area contributed by atoms with Crippen molar-refractivity contribution in [1.82, 2.24) is 10.2 Å². The zero-order valence-electron chi connectivity index (χ0n) is 14.7. The number of carbonyl (C=O) groups is 1. The zero-order valence-corrected chi connectivity index (χ0v) is 14.7. The lowest BCUT2D eigenvalue weighted by Gasteiger charge is -2.37. The monoisotopic (exact) mass is 286 g/mol. The molecule has 0 aliphatic heterocycles. The van der Waals surface area contributed by atoms with E-state index >= 15 is 0 Å². The summed E-state index contributed by atoms with van der Waals surface area (Å²) in [6.07, 6.45) is 1.98. The molecule has 0 saturated carbocycles. The SMILES string of the molecule is CCC(CC)NCCN(C(=O)OC(C)(C)C)C(C)(C)C. The number of hydrogen-bond acceptors (Lipinski definition) is 3. The largest absolute Gasteiger partial charge is 0.444 e. The van der Waals surface area contributed by atoms with Gasteiger partial charge in [-0.15, -0.1) is 0 Å². The summed E-state index contributed by atoms with van der Waals surface area (Å²) in [5.41, 5.74) is -0.693. The first kappa shape index (κ1) is 19.2. The van der Waals surface area contributed by atoms with Crippen LogP contribution >= 0.6 is 0 Å². The molecular formula is C16H34N2O2. The predicted molar refractivity (Wildman–Crippen MR) is 85.1 cm³/mol. The standard InChI is InChI=1S/C16H34N2O2/c1-9-13(10-2)17-11-12-18(15(3,4)5)14(19)20-16(6,7)8/h13,17H,9-12H2,1-8H3. The summed E-state index contributed by atoms with van der Waals surface area (Å²) in [7, 11) is 0. The second-order valence-corrected chi connectivity index (χ2v) is 7.27. The van der Waals surface area contributed by atoms with Crippen LogP contribution in [0.3, 0.4) is 0 Å². The number of nitrogens with zero attached hydrogens (tertiary/aromatic N) is 1. The summed E-state index contributed by atoms with van der Waals surface area (Å²) in [4.78, 5) is 14.1. The summed E-state index contributed by atoms with van der Waals surface area (Å²) >= 11 is 0. The molecule has 1 amide bonds. The maximum atomic E-state index is 12.3. The van der Waals surface area contributed by atoms with Crippen LogP contribution < -0.4 is 5.32 Å². The van der Waals surface area contributed by atoms with Crippen LogP contribution in [0.1, 0.15) is 68.2 Å². The summed E-state index contributed by atoms with van der Waals surface area (Å²) in [6, 6.07) is 0.524. The van der Waals surface area contributed by atoms with Crippen LogP contribution in [0.5, 0.6) is 0 Å². The number of carbonyl (C=O) groups excluding carboxylic acids is 1. The Balaban J connectivity index is 4.56. The van der Waals surface area contributed by atoms with Gasteiger partial charge in [0.15, 0.2) is 0 Å². The topological polar surface area (TPSA) is 41.6 Å². The molecule has 0 aliphatic carbocycles. The molecule has 20 heavy (non-hydrogen) atoms. The van der Waals surface area contributed by atoms with Crippen molar-refractivity contribution >= 4 is 6.09 Å². The Labute approximate surface area is 125 Å². The Hall–Kier alpha value is -0.770. The quantitative estimate of drug-likeness (QED) is 0.807. The van der Waals surface area contributed by atoms with E-state index in [0.717, 1.165) is 19.4 Å². The third-order valence-electron chi connectivity index (χ3n) is 3.18. The molecule has 0 bridgehead atoms. The number of rotatable bonds is 6. The highest BCUT2D eigenvalue weighted by atomic mass is 16.6. The minimum Gasteiger partial charge on any atom is -0.444 e. The van der Waals surface area contributed by atoms with Gasteiger partial charge in [-0.3, -0.25) is 0 Å². The number of amides is 1. The van der Waals surface area contributed by atoms with E-state index in [1.54, 1.807) is 4.90 Å². The fourth-order valence-electron chi connectivity index (χ4n) is 1.98. The summed E-state index contributed by atoms with van der Waals surface area (Å²) in [5.74, 6) is 0. The highest BCUT2D eigenvalue weighted by molar-refractivity contribution is 5.69. The van der Waals surface area contributed by atoms with Crippen molar-refractivity contribution in [3.8, 4) is 0 Å². The third kappa shape index (κ3) is 7.73. The van der Waals surface area contributed by atoms with Crippen LogP contribution in [0.2, 0.25) is 0 Å². The Bertz CT molecular complexity index is 286. The first-order chi connectivity index (χ1) is 9.01. The maximum absolute atomic E-state index is 12.3. The lowest BCUT2D eigenvalue weighted by molar-refractivity contribution is 0.00645. The van der Waals surface area contributed by atoms with Gasteiger partial charge in [0.1, 0.15) is 5.60 Å². The van der Waals surface area contributed by atoms with E-state index in [4.69, 9.17) is 4.74 Å². The Morgan fingerprint density at radius 2 is 1.60 bits per heavy atom. The fourth-order valence-corrected chi connectivity index (χ4v) is 1.98. The minimum atomic E-state index is -0.455. The van der Waals surface area contributed by atoms with Crippen molar-refractivity contribution in [2.24, 2.45) is 0 Å². The molecule has 4 heteroatoms. The Kier molecular flexibility index (Phi) is 7.56. The lowest BCUT2D eigenvalue weighted by atomic mass is 10.1. The van der Waals surface area contributed by atoms with Crippen LogP contribution in [0.25, 0.3) is 0 Å². The van der Waals surface area contributed by atoms with Gasteiger partial charge in [0.2, 0.25) is 0 Å². The highest BCUT2D eigenvalue weighted by Gasteiger charge is 2.30. The van der Waals surface area contributed by atoms with Crippen molar-refractivity contribution in [3.05, 3.63) is 0 Å². The summed E-state index contributed by atoms with van der Waals surface area (Å²) < 4.78 is 5.50. The molecule has 4 nitrogen and oxygen atoms in total. The average Bonchev–Trinajstić information content (AvgIpc) is 2.25. The second kappa shape index (κ2) is 7.87. The van der Waals surface area contributed by atoms with Gasteiger partial charge in [-0.05, 0) is 54.4 Å². The highest BCUT2D eigenvalue weighted by Crippen LogP contribution is 2.18. The predicted octanol–water partition coefficient (Wildman–Crippen LogP) is 3.80. The van der Waals surface area contributed by atoms with Gasteiger partial charge >= 0.3 is 6.09 Å². The smallest absolute Gasteiger partial charge is 0.410 e. The van der Waals surface area contributed by atoms with E-state index in [1.807, 2.05) is 41.5 Å². The molecule has 0 aromatic rings. The Morgan fingerprint density at radius 3 is 1.95 bits per heavy atom. The van der Waals surface area contributed by atoms with Gasteiger partial charge in [0, 0.05) is 24.7 Å². The molecule has 0 saturated heterocycles. The number of hydrogen-bond donors (Lipinski definition) is 1. The normalized spacial score (nSPS) is 12.7. The van der Waals surface area contributed by atoms with Crippen LogP contribution in [0, 0.1) is 0 Å². The fraction of sp³-hybridized carbons (Fsp3) is 0.938. The molecule has 0 rings (SSSR count). The van der Waals surface area contributed by atoms with E-state index in [1.165, 1.54) is 0 Å². The molecule has 0 unspecified atom stereocenters. The summed E-state index contributed by atoms with van der Waals surface area (Å²) in [6.45, 7) is 17.6. The molecule has 0 aromatic carbocycles. The van der Waals surface area contributed by atoms with E-state index < -0.39 is 5.60 Å². The van der Waals surface area contributed by atoms with Crippen LogP contribution in [-0.4, -0.2) is 41.3 Å². The van der Waals surface area contributed by atoms with Crippen molar-refractivity contribution in [2.45, 2.75) is 85.4 Å². The van der Waals surface area contributed by atoms with Crippen molar-refractivity contribution < 1.29 is 9.53 Å². The van der Waals surface area contributed by atoms with Crippen molar-refractivity contribution in [1.29, 1.82) is 0 Å². The molecule has 0 spiro atoms. The number of ether oxygens (including phenoxy) is 1. The Morgan fingerprint density at radius 1 is 1.10 bits per heavy atom. The van der Waals surface area contributed by atoms with E-state index in [-0.39, 0.29) is 11.6 Å². The van der Waals surface area contributed by atoms with Crippen molar-refractivity contribution in [2.75, 3.05) is 13.1 Å². The minimum absolute atomic E-state index is 0.238. The van der Waals surface area contributed by atoms with Gasteiger partial charge in [-0.2, -0.15) is 0 Å². The summed E-state index contributed by atoms with van der Waals surface area (Å²) in [5, 5.41) is 3.49. The third-order valence-corrected chi connectivity index (χ3v) is 3.18. The van der Waals surface area contributed by atoms with Gasteiger partial charge in [-0.1, -0.05) is 13.8 Å². The molecule has 0 radical (unpaired) electrons. The second-order valence-electron chi connectivity index (χ2n) is 7.27. The molecule has 0 fully saturated rings. The van der Waals surface area contributed by atoms with Gasteiger partial charge in [0.05, 0.1) is 0 Å². The van der Waals surface area contributed by atoms with Crippen molar-refractivity contribution in [3.63, 3.8) is 0 Å². The van der Waals surface area contributed by atoms with Gasteiger partial charge in [-0.25, -0.2) is 4.79 Å². The maximum Gasteiger partial charge on any atom is 0.410 e. The molecular weight excluding hydrogens is 252 g/mol. The van der Waals surface area contributed by atoms with E-state index in [9.17, 15) is 4.79 Å². The molecule has 0 aliphatic rings. The average molecular weight is 286 g/mol. The zero-order chi connectivity index (χ0) is 16.0. The molecule has 120 valence electrons. The van der Waals surface area contributed by atoms with Crippen LogP contribution in [0.15, 0.2) is 0 Å². The molecule has 0 atom stereocenters.